The molecule has 7 heteroatoms. The van der Waals surface area contributed by atoms with Crippen LogP contribution in [0.3, 0.4) is 0 Å². The van der Waals surface area contributed by atoms with E-state index in [1.54, 1.807) is 43.1 Å². The summed E-state index contributed by atoms with van der Waals surface area (Å²) in [4.78, 5) is 39.9. The maximum absolute atomic E-state index is 12.8. The molecule has 2 aliphatic rings. The molecule has 1 N–H and O–H groups in total. The van der Waals surface area contributed by atoms with Gasteiger partial charge < -0.3 is 10.2 Å². The normalized spacial score (nSPS) is 22.5. The van der Waals surface area contributed by atoms with Crippen LogP contribution in [0.2, 0.25) is 0 Å². The Bertz CT molecular complexity index is 764. The number of hydrogen-bond donors (Lipinski definition) is 1. The van der Waals surface area contributed by atoms with Gasteiger partial charge in [0.05, 0.1) is 11.6 Å². The lowest BCUT2D eigenvalue weighted by Crippen LogP contribution is -2.44. The van der Waals surface area contributed by atoms with Crippen LogP contribution >= 0.6 is 0 Å². The minimum absolute atomic E-state index is 0.250. The molecule has 130 valence electrons. The molecule has 0 aromatic heterocycles. The molecule has 0 bridgehead atoms. The Hall–Kier alpha value is -2.88. The molecule has 4 amide bonds. The monoisotopic (exact) mass is 340 g/mol. The molecule has 1 saturated carbocycles. The Balaban J connectivity index is 1.74. The Morgan fingerprint density at radius 2 is 2.00 bits per heavy atom. The number of urea groups is 1. The van der Waals surface area contributed by atoms with Gasteiger partial charge in [0, 0.05) is 13.6 Å². The van der Waals surface area contributed by atoms with Gasteiger partial charge >= 0.3 is 6.03 Å². The van der Waals surface area contributed by atoms with Crippen molar-refractivity contribution in [2.45, 2.75) is 25.3 Å². The summed E-state index contributed by atoms with van der Waals surface area (Å²) in [7, 11) is 1.69. The van der Waals surface area contributed by atoms with E-state index < -0.39 is 17.5 Å². The molecule has 0 unspecified atom stereocenters. The highest BCUT2D eigenvalue weighted by molar-refractivity contribution is 6.09. The molecular weight excluding hydrogens is 320 g/mol. The van der Waals surface area contributed by atoms with Gasteiger partial charge in [-0.15, -0.1) is 0 Å². The fourth-order valence-electron chi connectivity index (χ4n) is 2.96. The van der Waals surface area contributed by atoms with E-state index in [1.807, 2.05) is 6.07 Å². The van der Waals surface area contributed by atoms with Crippen molar-refractivity contribution in [3.63, 3.8) is 0 Å². The van der Waals surface area contributed by atoms with Gasteiger partial charge in [0.25, 0.3) is 5.91 Å². The summed E-state index contributed by atoms with van der Waals surface area (Å²) in [5.41, 5.74) is -0.190. The minimum atomic E-state index is -1.24. The summed E-state index contributed by atoms with van der Waals surface area (Å²) in [5.74, 6) is -0.171. The molecule has 0 radical (unpaired) electrons. The average Bonchev–Trinajstić information content (AvgIpc) is 3.38. The van der Waals surface area contributed by atoms with Crippen LogP contribution in [-0.2, 0) is 15.1 Å². The summed E-state index contributed by atoms with van der Waals surface area (Å²) in [6.07, 6.45) is 2.25. The second-order valence-corrected chi connectivity index (χ2v) is 6.85. The third-order valence-electron chi connectivity index (χ3n) is 4.81. The molecule has 3 rings (SSSR count). The third-order valence-corrected chi connectivity index (χ3v) is 4.81. The van der Waals surface area contributed by atoms with Crippen molar-refractivity contribution in [2.24, 2.45) is 5.92 Å². The second kappa shape index (κ2) is 6.20. The third kappa shape index (κ3) is 3.20. The van der Waals surface area contributed by atoms with E-state index in [0.717, 1.165) is 17.7 Å². The van der Waals surface area contributed by atoms with Gasteiger partial charge in [0.1, 0.15) is 12.1 Å². The fourth-order valence-corrected chi connectivity index (χ4v) is 2.96. The number of amides is 4. The lowest BCUT2D eigenvalue weighted by atomic mass is 9.91. The highest BCUT2D eigenvalue weighted by atomic mass is 16.2. The van der Waals surface area contributed by atoms with E-state index in [1.165, 1.54) is 0 Å². The van der Waals surface area contributed by atoms with Crippen LogP contribution in [-0.4, -0.2) is 47.8 Å². The van der Waals surface area contributed by atoms with Gasteiger partial charge in [0.2, 0.25) is 5.91 Å². The lowest BCUT2D eigenvalue weighted by molar-refractivity contribution is -0.138. The van der Waals surface area contributed by atoms with Crippen LogP contribution in [0.15, 0.2) is 24.3 Å². The minimum Gasteiger partial charge on any atom is -0.344 e. The first-order valence-electron chi connectivity index (χ1n) is 8.24. The van der Waals surface area contributed by atoms with E-state index in [-0.39, 0.29) is 12.5 Å². The van der Waals surface area contributed by atoms with Crippen molar-refractivity contribution >= 4 is 17.8 Å². The Kier molecular flexibility index (Phi) is 4.21. The quantitative estimate of drug-likeness (QED) is 0.815. The Morgan fingerprint density at radius 1 is 1.36 bits per heavy atom. The number of nitrogens with zero attached hydrogens (tertiary/aromatic N) is 3. The summed E-state index contributed by atoms with van der Waals surface area (Å²) in [6.45, 7) is 2.00. The zero-order valence-corrected chi connectivity index (χ0v) is 14.3. The number of benzene rings is 1. The maximum Gasteiger partial charge on any atom is 0.325 e. The first kappa shape index (κ1) is 17.0. The molecule has 1 aliphatic heterocycles. The number of carbonyl (C=O) groups is 3. The van der Waals surface area contributed by atoms with Gasteiger partial charge in [-0.05, 0) is 43.4 Å². The molecule has 7 nitrogen and oxygen atoms in total. The van der Waals surface area contributed by atoms with Crippen LogP contribution < -0.4 is 5.32 Å². The Morgan fingerprint density at radius 3 is 2.56 bits per heavy atom. The SMILES string of the molecule is CN(CC1CC1)C(=O)CN1C(=O)N[C@@](C)(c2ccc(C#N)cc2)C1=O. The van der Waals surface area contributed by atoms with Crippen molar-refractivity contribution in [1.29, 1.82) is 5.26 Å². The van der Waals surface area contributed by atoms with Gasteiger partial charge in [0.15, 0.2) is 0 Å². The Labute approximate surface area is 146 Å². The highest BCUT2D eigenvalue weighted by Gasteiger charge is 2.49. The molecule has 1 aromatic rings. The molecule has 1 atom stereocenters. The van der Waals surface area contributed by atoms with Gasteiger partial charge in [-0.2, -0.15) is 5.26 Å². The predicted octanol–water partition coefficient (Wildman–Crippen LogP) is 1.19. The van der Waals surface area contributed by atoms with E-state index in [4.69, 9.17) is 5.26 Å². The van der Waals surface area contributed by atoms with E-state index in [0.29, 0.717) is 23.6 Å². The fraction of sp³-hybridized carbons (Fsp3) is 0.444. The summed E-state index contributed by atoms with van der Waals surface area (Å²) >= 11 is 0. The van der Waals surface area contributed by atoms with Crippen LogP contribution in [0.4, 0.5) is 4.79 Å². The van der Waals surface area contributed by atoms with Crippen molar-refractivity contribution in [3.8, 4) is 6.07 Å². The van der Waals surface area contributed by atoms with Crippen LogP contribution in [0.1, 0.15) is 30.9 Å². The molecule has 1 aromatic carbocycles. The van der Waals surface area contributed by atoms with Crippen molar-refractivity contribution in [1.82, 2.24) is 15.1 Å². The van der Waals surface area contributed by atoms with Crippen molar-refractivity contribution < 1.29 is 14.4 Å². The van der Waals surface area contributed by atoms with E-state index in [2.05, 4.69) is 5.32 Å². The summed E-state index contributed by atoms with van der Waals surface area (Å²) < 4.78 is 0. The largest absolute Gasteiger partial charge is 0.344 e. The molecular formula is C18H20N4O3. The number of carbonyl (C=O) groups excluding carboxylic acids is 3. The highest BCUT2D eigenvalue weighted by Crippen LogP contribution is 2.30. The summed E-state index contributed by atoms with van der Waals surface area (Å²) in [5, 5.41) is 11.5. The van der Waals surface area contributed by atoms with E-state index in [9.17, 15) is 14.4 Å². The lowest BCUT2D eigenvalue weighted by Gasteiger charge is -2.23. The smallest absolute Gasteiger partial charge is 0.325 e. The van der Waals surface area contributed by atoms with E-state index >= 15 is 0 Å². The number of imide groups is 1. The zero-order chi connectivity index (χ0) is 18.2. The standard InChI is InChI=1S/C18H20N4O3/c1-18(14-7-5-12(9-19)6-8-14)16(24)22(17(25)20-18)11-15(23)21(2)10-13-3-4-13/h5-8,13H,3-4,10-11H2,1-2H3,(H,20,25)/t18-/m0/s1. The number of nitrogens with one attached hydrogen (secondary N) is 1. The van der Waals surface area contributed by atoms with Gasteiger partial charge in [-0.25, -0.2) is 4.79 Å². The topological polar surface area (TPSA) is 93.5 Å². The molecule has 25 heavy (non-hydrogen) atoms. The molecule has 1 aliphatic carbocycles. The molecule has 2 fully saturated rings. The number of likely N-dealkylation sites (N-methyl/N-ethyl adjacent to an activating group) is 1. The first-order valence-corrected chi connectivity index (χ1v) is 8.24. The first-order chi connectivity index (χ1) is 11.8. The predicted molar refractivity (Wildman–Crippen MR) is 89.1 cm³/mol. The van der Waals surface area contributed by atoms with Crippen molar-refractivity contribution in [3.05, 3.63) is 35.4 Å². The number of rotatable bonds is 5. The molecule has 1 saturated heterocycles. The average molecular weight is 340 g/mol. The summed E-state index contributed by atoms with van der Waals surface area (Å²) in [6, 6.07) is 7.90. The van der Waals surface area contributed by atoms with Crippen molar-refractivity contribution in [2.75, 3.05) is 20.1 Å². The van der Waals surface area contributed by atoms with Crippen LogP contribution in [0.25, 0.3) is 0 Å². The zero-order valence-electron chi connectivity index (χ0n) is 14.3. The molecule has 1 heterocycles. The second-order valence-electron chi connectivity index (χ2n) is 6.85. The van der Waals surface area contributed by atoms with Crippen LogP contribution in [0.5, 0.6) is 0 Å². The molecule has 0 spiro atoms. The van der Waals surface area contributed by atoms with Gasteiger partial charge in [-0.1, -0.05) is 12.1 Å². The van der Waals surface area contributed by atoms with Gasteiger partial charge in [-0.3, -0.25) is 14.5 Å². The number of hydrogen-bond acceptors (Lipinski definition) is 4. The van der Waals surface area contributed by atoms with Crippen LogP contribution in [0, 0.1) is 17.2 Å². The maximum atomic E-state index is 12.8. The number of nitriles is 1.